The van der Waals surface area contributed by atoms with E-state index in [4.69, 9.17) is 21.1 Å². The van der Waals surface area contributed by atoms with Gasteiger partial charge in [0.25, 0.3) is 0 Å². The lowest BCUT2D eigenvalue weighted by Gasteiger charge is -2.32. The number of imidazole rings is 1. The largest absolute Gasteiger partial charge is 0.491 e. The third kappa shape index (κ3) is 5.60. The summed E-state index contributed by atoms with van der Waals surface area (Å²) >= 11 is 6.28. The number of halogens is 1. The van der Waals surface area contributed by atoms with Gasteiger partial charge in [0.05, 0.1) is 13.2 Å². The predicted octanol–water partition coefficient (Wildman–Crippen LogP) is 3.49. The molecule has 1 atom stereocenters. The van der Waals surface area contributed by atoms with Gasteiger partial charge in [0.2, 0.25) is 0 Å². The van der Waals surface area contributed by atoms with Crippen LogP contribution in [-0.4, -0.2) is 65.5 Å². The summed E-state index contributed by atoms with van der Waals surface area (Å²) in [7, 11) is 0. The zero-order valence-corrected chi connectivity index (χ0v) is 17.3. The average Bonchev–Trinajstić information content (AvgIpc) is 3.28. The molecule has 2 aliphatic heterocycles. The fraction of sp³-hybridized carbons (Fsp3) is 0.500. The third-order valence-corrected chi connectivity index (χ3v) is 5.83. The Labute approximate surface area is 176 Å². The maximum absolute atomic E-state index is 10.5. The summed E-state index contributed by atoms with van der Waals surface area (Å²) in [5.41, 5.74) is 2.29. The van der Waals surface area contributed by atoms with Crippen LogP contribution in [0.25, 0.3) is 5.57 Å². The van der Waals surface area contributed by atoms with Crippen molar-refractivity contribution in [3.63, 3.8) is 0 Å². The molecule has 29 heavy (non-hydrogen) atoms. The van der Waals surface area contributed by atoms with Gasteiger partial charge < -0.3 is 24.5 Å². The Morgan fingerprint density at radius 3 is 2.90 bits per heavy atom. The lowest BCUT2D eigenvalue weighted by atomic mass is 9.96. The molecule has 4 rings (SSSR count). The zero-order valence-electron chi connectivity index (χ0n) is 16.5. The number of ether oxygens (including phenoxy) is 2. The van der Waals surface area contributed by atoms with E-state index in [1.54, 1.807) is 6.07 Å². The molecule has 1 aromatic heterocycles. The van der Waals surface area contributed by atoms with E-state index in [1.165, 1.54) is 5.57 Å². The predicted molar refractivity (Wildman–Crippen MR) is 113 cm³/mol. The number of likely N-dealkylation sites (tertiary alicyclic amines) is 1. The molecule has 0 radical (unpaired) electrons. The number of benzene rings is 1. The van der Waals surface area contributed by atoms with E-state index >= 15 is 0 Å². The van der Waals surface area contributed by atoms with E-state index in [-0.39, 0.29) is 6.61 Å². The molecule has 6 nitrogen and oxygen atoms in total. The maximum Gasteiger partial charge on any atom is 0.121 e. The van der Waals surface area contributed by atoms with E-state index in [2.05, 4.69) is 20.9 Å². The summed E-state index contributed by atoms with van der Waals surface area (Å²) in [6.07, 6.45) is 8.21. The number of aromatic amines is 1. The van der Waals surface area contributed by atoms with Gasteiger partial charge in [-0.1, -0.05) is 17.7 Å². The van der Waals surface area contributed by atoms with Crippen molar-refractivity contribution >= 4 is 17.2 Å². The van der Waals surface area contributed by atoms with Crippen LogP contribution in [0.15, 0.2) is 36.7 Å². The number of aliphatic hydroxyl groups is 1. The summed E-state index contributed by atoms with van der Waals surface area (Å²) in [4.78, 5) is 9.88. The quantitative estimate of drug-likeness (QED) is 0.721. The number of hydrogen-bond acceptors (Lipinski definition) is 5. The van der Waals surface area contributed by atoms with Crippen molar-refractivity contribution in [1.82, 2.24) is 14.9 Å². The molecule has 2 N–H and O–H groups in total. The van der Waals surface area contributed by atoms with Gasteiger partial charge in [-0.2, -0.15) is 0 Å². The molecule has 7 heteroatoms. The van der Waals surface area contributed by atoms with Crippen LogP contribution in [0, 0.1) is 0 Å². The molecule has 1 fully saturated rings. The Kier molecular flexibility index (Phi) is 6.87. The topological polar surface area (TPSA) is 70.6 Å². The zero-order chi connectivity index (χ0) is 20.1. The Balaban J connectivity index is 1.26. The Morgan fingerprint density at radius 1 is 1.31 bits per heavy atom. The third-order valence-electron chi connectivity index (χ3n) is 5.61. The van der Waals surface area contributed by atoms with E-state index in [1.807, 2.05) is 24.5 Å². The van der Waals surface area contributed by atoms with E-state index in [9.17, 15) is 5.11 Å². The minimum atomic E-state index is -0.542. The van der Waals surface area contributed by atoms with Crippen molar-refractivity contribution in [1.29, 1.82) is 0 Å². The number of hydrogen-bond donors (Lipinski definition) is 2. The van der Waals surface area contributed by atoms with Crippen molar-refractivity contribution in [2.45, 2.75) is 31.3 Å². The van der Waals surface area contributed by atoms with Gasteiger partial charge >= 0.3 is 0 Å². The summed E-state index contributed by atoms with van der Waals surface area (Å²) in [5, 5.41) is 11.1. The highest BCUT2D eigenvalue weighted by Gasteiger charge is 2.23. The second-order valence-electron chi connectivity index (χ2n) is 7.74. The molecule has 156 valence electrons. The monoisotopic (exact) mass is 417 g/mol. The first-order valence-corrected chi connectivity index (χ1v) is 10.7. The fourth-order valence-corrected chi connectivity index (χ4v) is 4.28. The SMILES string of the molecule is OC(COc1cc(Cl)cc(C2=CCOCC2)c1)CN1CCC(c2ncc[nH]2)CC1. The lowest BCUT2D eigenvalue weighted by Crippen LogP contribution is -2.40. The van der Waals surface area contributed by atoms with Crippen LogP contribution in [0.1, 0.15) is 36.6 Å². The van der Waals surface area contributed by atoms with Crippen molar-refractivity contribution < 1.29 is 14.6 Å². The molecule has 3 heterocycles. The molecule has 0 spiro atoms. The first-order chi connectivity index (χ1) is 14.2. The van der Waals surface area contributed by atoms with Crippen LogP contribution in [-0.2, 0) is 4.74 Å². The summed E-state index contributed by atoms with van der Waals surface area (Å²) < 4.78 is 11.2. The van der Waals surface area contributed by atoms with Gasteiger partial charge in [-0.3, -0.25) is 0 Å². The van der Waals surface area contributed by atoms with Gasteiger partial charge in [-0.05, 0) is 61.7 Å². The van der Waals surface area contributed by atoms with Gasteiger partial charge in [-0.25, -0.2) is 4.98 Å². The standard InChI is InChI=1S/C22H28ClN3O3/c23-19-11-18(16-3-9-28-10-4-16)12-21(13-19)29-15-20(27)14-26-7-1-17(2-8-26)22-24-5-6-25-22/h3,5-6,11-13,17,20,27H,1-2,4,7-10,14-15H2,(H,24,25). The highest BCUT2D eigenvalue weighted by molar-refractivity contribution is 6.30. The smallest absolute Gasteiger partial charge is 0.121 e. The first kappa shape index (κ1) is 20.4. The van der Waals surface area contributed by atoms with Crippen LogP contribution in [0.4, 0.5) is 0 Å². The number of nitrogens with zero attached hydrogens (tertiary/aromatic N) is 2. The van der Waals surface area contributed by atoms with Crippen LogP contribution < -0.4 is 4.74 Å². The number of aromatic nitrogens is 2. The summed E-state index contributed by atoms with van der Waals surface area (Å²) in [6.45, 7) is 4.14. The van der Waals surface area contributed by atoms with E-state index in [0.29, 0.717) is 29.8 Å². The number of nitrogens with one attached hydrogen (secondary N) is 1. The molecule has 0 aliphatic carbocycles. The normalized spacial score (nSPS) is 19.7. The Hall–Kier alpha value is -1.86. The highest BCUT2D eigenvalue weighted by atomic mass is 35.5. The second-order valence-corrected chi connectivity index (χ2v) is 8.18. The van der Waals surface area contributed by atoms with Crippen LogP contribution >= 0.6 is 11.6 Å². The minimum Gasteiger partial charge on any atom is -0.491 e. The number of β-amino-alcohol motifs (C(OH)–C–C–N with tert-alkyl or cyclic N) is 1. The number of rotatable bonds is 7. The molecule has 2 aliphatic rings. The second kappa shape index (κ2) is 9.76. The molecule has 0 bridgehead atoms. The molecule has 0 amide bonds. The van der Waals surface area contributed by atoms with Crippen LogP contribution in [0.5, 0.6) is 5.75 Å². The summed E-state index contributed by atoms with van der Waals surface area (Å²) in [5.74, 6) is 2.25. The molecule has 1 saturated heterocycles. The number of aliphatic hydroxyl groups excluding tert-OH is 1. The first-order valence-electron chi connectivity index (χ1n) is 10.3. The number of H-pyrrole nitrogens is 1. The van der Waals surface area contributed by atoms with Crippen molar-refractivity contribution in [3.8, 4) is 5.75 Å². The fourth-order valence-electron chi connectivity index (χ4n) is 4.05. The molecule has 0 saturated carbocycles. The highest BCUT2D eigenvalue weighted by Crippen LogP contribution is 2.29. The Morgan fingerprint density at radius 2 is 2.17 bits per heavy atom. The molecular formula is C22H28ClN3O3. The van der Waals surface area contributed by atoms with Gasteiger partial charge in [-0.15, -0.1) is 0 Å². The van der Waals surface area contributed by atoms with Crippen LogP contribution in [0.3, 0.4) is 0 Å². The maximum atomic E-state index is 10.5. The average molecular weight is 418 g/mol. The van der Waals surface area contributed by atoms with Gasteiger partial charge in [0.15, 0.2) is 0 Å². The molecule has 1 unspecified atom stereocenters. The van der Waals surface area contributed by atoms with E-state index < -0.39 is 6.10 Å². The van der Waals surface area contributed by atoms with Gasteiger partial charge in [0.1, 0.15) is 24.3 Å². The van der Waals surface area contributed by atoms with Crippen molar-refractivity contribution in [3.05, 3.63) is 53.1 Å². The van der Waals surface area contributed by atoms with Crippen molar-refractivity contribution in [2.24, 2.45) is 0 Å². The molecule has 1 aromatic carbocycles. The lowest BCUT2D eigenvalue weighted by molar-refractivity contribution is 0.0591. The summed E-state index contributed by atoms with van der Waals surface area (Å²) in [6, 6.07) is 5.74. The molecular weight excluding hydrogens is 390 g/mol. The Bertz CT molecular complexity index is 817. The van der Waals surface area contributed by atoms with Crippen molar-refractivity contribution in [2.75, 3.05) is 39.5 Å². The number of piperidine rings is 1. The minimum absolute atomic E-state index is 0.250. The molecule has 2 aromatic rings. The van der Waals surface area contributed by atoms with E-state index in [0.717, 1.165) is 50.3 Å². The van der Waals surface area contributed by atoms with Crippen LogP contribution in [0.2, 0.25) is 5.02 Å². The van der Waals surface area contributed by atoms with Gasteiger partial charge in [0, 0.05) is 29.9 Å².